The average molecular weight is 347 g/mol. The Labute approximate surface area is 143 Å². The first-order valence-electron chi connectivity index (χ1n) is 7.09. The highest BCUT2D eigenvalue weighted by molar-refractivity contribution is 6.30. The zero-order chi connectivity index (χ0) is 17.4. The second-order valence-corrected chi connectivity index (χ2v) is 5.27. The van der Waals surface area contributed by atoms with Crippen molar-refractivity contribution in [1.29, 1.82) is 0 Å². The molecule has 0 radical (unpaired) electrons. The van der Waals surface area contributed by atoms with Gasteiger partial charge in [-0.05, 0) is 29.8 Å². The molecule has 0 saturated carbocycles. The van der Waals surface area contributed by atoms with Crippen LogP contribution in [-0.2, 0) is 20.7 Å². The summed E-state index contributed by atoms with van der Waals surface area (Å²) < 4.78 is 4.84. The Morgan fingerprint density at radius 1 is 0.917 bits per heavy atom. The number of hydrazine groups is 1. The van der Waals surface area contributed by atoms with Crippen molar-refractivity contribution in [2.45, 2.75) is 6.42 Å². The summed E-state index contributed by atoms with van der Waals surface area (Å²) in [6.45, 7) is -0.480. The number of amides is 2. The molecule has 0 atom stereocenters. The van der Waals surface area contributed by atoms with Gasteiger partial charge in [0.25, 0.3) is 11.8 Å². The minimum Gasteiger partial charge on any atom is -0.455 e. The van der Waals surface area contributed by atoms with E-state index in [1.54, 1.807) is 24.3 Å². The highest BCUT2D eigenvalue weighted by atomic mass is 35.5. The van der Waals surface area contributed by atoms with Crippen molar-refractivity contribution < 1.29 is 19.1 Å². The van der Waals surface area contributed by atoms with Crippen LogP contribution in [0.15, 0.2) is 54.6 Å². The van der Waals surface area contributed by atoms with Crippen molar-refractivity contribution in [3.8, 4) is 0 Å². The molecule has 0 aliphatic carbocycles. The van der Waals surface area contributed by atoms with E-state index in [1.165, 1.54) is 12.1 Å². The molecule has 6 nitrogen and oxygen atoms in total. The molecule has 2 aromatic carbocycles. The number of hydrogen-bond donors (Lipinski definition) is 2. The molecule has 0 fully saturated rings. The molecule has 2 amide bonds. The molecule has 2 N–H and O–H groups in total. The Hall–Kier alpha value is -2.86. The predicted octanol–water partition coefficient (Wildman–Crippen LogP) is 1.89. The van der Waals surface area contributed by atoms with Crippen LogP contribution >= 0.6 is 11.6 Å². The standard InChI is InChI=1S/C17H15ClN2O4/c18-14-8-6-13(7-9-14)17(23)20-19-15(21)11-24-16(22)10-12-4-2-1-3-5-12/h1-9H,10-11H2,(H,19,21)(H,20,23). The van der Waals surface area contributed by atoms with E-state index >= 15 is 0 Å². The van der Waals surface area contributed by atoms with Crippen LogP contribution in [0, 0.1) is 0 Å². The van der Waals surface area contributed by atoms with E-state index < -0.39 is 24.4 Å². The molecule has 0 saturated heterocycles. The molecule has 0 heterocycles. The van der Waals surface area contributed by atoms with Gasteiger partial charge in [0.15, 0.2) is 6.61 Å². The summed E-state index contributed by atoms with van der Waals surface area (Å²) in [6, 6.07) is 15.2. The first-order valence-corrected chi connectivity index (χ1v) is 7.46. The summed E-state index contributed by atoms with van der Waals surface area (Å²) in [6.07, 6.45) is 0.0747. The van der Waals surface area contributed by atoms with Crippen molar-refractivity contribution in [2.75, 3.05) is 6.61 Å². The Kier molecular flexibility index (Phi) is 6.33. The maximum absolute atomic E-state index is 11.8. The van der Waals surface area contributed by atoms with E-state index in [0.717, 1.165) is 5.56 Å². The Bertz CT molecular complexity index is 717. The summed E-state index contributed by atoms with van der Waals surface area (Å²) in [5.41, 5.74) is 5.51. The molecular weight excluding hydrogens is 332 g/mol. The van der Waals surface area contributed by atoms with Crippen LogP contribution in [0.5, 0.6) is 0 Å². The summed E-state index contributed by atoms with van der Waals surface area (Å²) >= 11 is 5.72. The molecule has 2 aromatic rings. The number of rotatable bonds is 5. The lowest BCUT2D eigenvalue weighted by molar-refractivity contribution is -0.148. The van der Waals surface area contributed by atoms with Crippen LogP contribution < -0.4 is 10.9 Å². The Morgan fingerprint density at radius 2 is 1.58 bits per heavy atom. The van der Waals surface area contributed by atoms with Crippen LogP contribution in [0.1, 0.15) is 15.9 Å². The molecule has 0 aliphatic rings. The van der Waals surface area contributed by atoms with Gasteiger partial charge in [0, 0.05) is 10.6 Å². The van der Waals surface area contributed by atoms with Crippen LogP contribution in [0.2, 0.25) is 5.02 Å². The average Bonchev–Trinajstić information content (AvgIpc) is 2.59. The summed E-state index contributed by atoms with van der Waals surface area (Å²) in [7, 11) is 0. The van der Waals surface area contributed by atoms with Gasteiger partial charge < -0.3 is 4.74 Å². The number of benzene rings is 2. The van der Waals surface area contributed by atoms with Gasteiger partial charge in [-0.15, -0.1) is 0 Å². The number of carbonyl (C=O) groups is 3. The van der Waals surface area contributed by atoms with Crippen molar-refractivity contribution >= 4 is 29.4 Å². The van der Waals surface area contributed by atoms with Gasteiger partial charge in [-0.3, -0.25) is 25.2 Å². The van der Waals surface area contributed by atoms with E-state index in [4.69, 9.17) is 16.3 Å². The normalized spacial score (nSPS) is 9.88. The van der Waals surface area contributed by atoms with Gasteiger partial charge >= 0.3 is 5.97 Å². The molecule has 2 rings (SSSR count). The number of esters is 1. The second kappa shape index (κ2) is 8.69. The smallest absolute Gasteiger partial charge is 0.310 e. The molecular formula is C17H15ClN2O4. The molecule has 0 aliphatic heterocycles. The number of carbonyl (C=O) groups excluding carboxylic acids is 3. The zero-order valence-corrected chi connectivity index (χ0v) is 13.4. The van der Waals surface area contributed by atoms with E-state index in [-0.39, 0.29) is 6.42 Å². The molecule has 0 unspecified atom stereocenters. The fourth-order valence-electron chi connectivity index (χ4n) is 1.80. The molecule has 0 spiro atoms. The lowest BCUT2D eigenvalue weighted by Crippen LogP contribution is -2.43. The summed E-state index contributed by atoms with van der Waals surface area (Å²) in [4.78, 5) is 34.9. The first-order chi connectivity index (χ1) is 11.5. The zero-order valence-electron chi connectivity index (χ0n) is 12.6. The largest absolute Gasteiger partial charge is 0.455 e. The van der Waals surface area contributed by atoms with Crippen molar-refractivity contribution in [2.24, 2.45) is 0 Å². The fraction of sp³-hybridized carbons (Fsp3) is 0.118. The summed E-state index contributed by atoms with van der Waals surface area (Å²) in [5, 5.41) is 0.501. The van der Waals surface area contributed by atoms with E-state index in [2.05, 4.69) is 10.9 Å². The monoisotopic (exact) mass is 346 g/mol. The van der Waals surface area contributed by atoms with Crippen molar-refractivity contribution in [3.05, 3.63) is 70.7 Å². The van der Waals surface area contributed by atoms with Crippen molar-refractivity contribution in [3.63, 3.8) is 0 Å². The van der Waals surface area contributed by atoms with Gasteiger partial charge in [0.05, 0.1) is 6.42 Å². The number of nitrogens with one attached hydrogen (secondary N) is 2. The van der Waals surface area contributed by atoms with Crippen LogP contribution in [0.4, 0.5) is 0 Å². The van der Waals surface area contributed by atoms with E-state index in [0.29, 0.717) is 10.6 Å². The lowest BCUT2D eigenvalue weighted by Gasteiger charge is -2.08. The van der Waals surface area contributed by atoms with Crippen molar-refractivity contribution in [1.82, 2.24) is 10.9 Å². The maximum atomic E-state index is 11.8. The summed E-state index contributed by atoms with van der Waals surface area (Å²) in [5.74, 6) is -1.67. The third-order valence-corrected chi connectivity index (χ3v) is 3.23. The van der Waals surface area contributed by atoms with E-state index in [1.807, 2.05) is 18.2 Å². The third kappa shape index (κ3) is 5.73. The molecule has 7 heteroatoms. The molecule has 24 heavy (non-hydrogen) atoms. The molecule has 124 valence electrons. The maximum Gasteiger partial charge on any atom is 0.310 e. The van der Waals surface area contributed by atoms with Gasteiger partial charge in [-0.25, -0.2) is 0 Å². The van der Waals surface area contributed by atoms with Gasteiger partial charge in [-0.2, -0.15) is 0 Å². The van der Waals surface area contributed by atoms with Crippen LogP contribution in [0.25, 0.3) is 0 Å². The minimum atomic E-state index is -0.640. The van der Waals surface area contributed by atoms with Gasteiger partial charge in [0.2, 0.25) is 0 Å². The molecule has 0 aromatic heterocycles. The van der Waals surface area contributed by atoms with Gasteiger partial charge in [0.1, 0.15) is 0 Å². The lowest BCUT2D eigenvalue weighted by atomic mass is 10.2. The number of ether oxygens (including phenoxy) is 1. The SMILES string of the molecule is O=C(COC(=O)Cc1ccccc1)NNC(=O)c1ccc(Cl)cc1. The topological polar surface area (TPSA) is 84.5 Å². The van der Waals surface area contributed by atoms with E-state index in [9.17, 15) is 14.4 Å². The third-order valence-electron chi connectivity index (χ3n) is 2.98. The quantitative estimate of drug-likeness (QED) is 0.639. The number of halogens is 1. The van der Waals surface area contributed by atoms with Gasteiger partial charge in [-0.1, -0.05) is 41.9 Å². The Morgan fingerprint density at radius 3 is 2.25 bits per heavy atom. The fourth-order valence-corrected chi connectivity index (χ4v) is 1.92. The predicted molar refractivity (Wildman–Crippen MR) is 88.2 cm³/mol. The molecule has 0 bridgehead atoms. The Balaban J connectivity index is 1.70. The highest BCUT2D eigenvalue weighted by Crippen LogP contribution is 2.08. The minimum absolute atomic E-state index is 0.0747. The first kappa shape index (κ1) is 17.5. The van der Waals surface area contributed by atoms with Crippen LogP contribution in [-0.4, -0.2) is 24.4 Å². The van der Waals surface area contributed by atoms with Crippen LogP contribution in [0.3, 0.4) is 0 Å². The highest BCUT2D eigenvalue weighted by Gasteiger charge is 2.10. The second-order valence-electron chi connectivity index (χ2n) is 4.83. The number of hydrogen-bond acceptors (Lipinski definition) is 4.